The van der Waals surface area contributed by atoms with Crippen LogP contribution in [0, 0.1) is 17.0 Å². The fourth-order valence-corrected chi connectivity index (χ4v) is 4.29. The summed E-state index contributed by atoms with van der Waals surface area (Å²) in [6, 6.07) is 9.68. The van der Waals surface area contributed by atoms with Gasteiger partial charge in [0, 0.05) is 16.2 Å². The van der Waals surface area contributed by atoms with Crippen molar-refractivity contribution >= 4 is 16.7 Å². The normalized spacial score (nSPS) is 12.6. The Kier molecular flexibility index (Phi) is 10.0. The van der Waals surface area contributed by atoms with Crippen molar-refractivity contribution < 1.29 is 27.6 Å². The second-order valence-electron chi connectivity index (χ2n) is 7.70. The Hall–Kier alpha value is -2.94. The van der Waals surface area contributed by atoms with Crippen LogP contribution in [0.15, 0.2) is 53.5 Å². The van der Waals surface area contributed by atoms with Gasteiger partial charge in [-0.15, -0.1) is 13.2 Å². The molecule has 0 aromatic heterocycles. The third-order valence-corrected chi connectivity index (χ3v) is 6.10. The summed E-state index contributed by atoms with van der Waals surface area (Å²) in [5.74, 6) is 0.430. The van der Waals surface area contributed by atoms with Gasteiger partial charge in [0.15, 0.2) is 0 Å². The summed E-state index contributed by atoms with van der Waals surface area (Å²) in [6.07, 6.45) is -0.956. The van der Waals surface area contributed by atoms with E-state index in [9.17, 15) is 23.3 Å². The van der Waals surface area contributed by atoms with Gasteiger partial charge < -0.3 is 9.47 Å². The molecule has 0 N–H and O–H groups in total. The lowest BCUT2D eigenvalue weighted by atomic mass is 9.98. The number of benzene rings is 2. The number of alkyl halides is 3. The van der Waals surface area contributed by atoms with E-state index in [1.165, 1.54) is 23.9 Å². The maximum absolute atomic E-state index is 12.4. The van der Waals surface area contributed by atoms with Gasteiger partial charge in [-0.2, -0.15) is 0 Å². The summed E-state index contributed by atoms with van der Waals surface area (Å²) in [5.41, 5.74) is 4.72. The minimum Gasteiger partial charge on any atom is -0.496 e. The van der Waals surface area contributed by atoms with E-state index in [2.05, 4.69) is 4.74 Å². The lowest BCUT2D eigenvalue weighted by molar-refractivity contribution is -0.479. The molecule has 0 saturated heterocycles. The predicted molar refractivity (Wildman–Crippen MR) is 130 cm³/mol. The summed E-state index contributed by atoms with van der Waals surface area (Å²) >= 11 is 1.50. The molecule has 9 heteroatoms. The molecular formula is C25H28F3NO4S. The quantitative estimate of drug-likeness (QED) is 0.241. The monoisotopic (exact) mass is 495 g/mol. The zero-order valence-corrected chi connectivity index (χ0v) is 20.4. The van der Waals surface area contributed by atoms with Crippen molar-refractivity contribution in [2.45, 2.75) is 46.4 Å². The van der Waals surface area contributed by atoms with Crippen LogP contribution in [0.2, 0.25) is 0 Å². The molecule has 0 fully saturated rings. The highest BCUT2D eigenvalue weighted by molar-refractivity contribution is 8.10. The fourth-order valence-electron chi connectivity index (χ4n) is 3.35. The Balaban J connectivity index is 2.15. The van der Waals surface area contributed by atoms with Crippen molar-refractivity contribution in [1.82, 2.24) is 0 Å². The summed E-state index contributed by atoms with van der Waals surface area (Å²) < 4.78 is 46.7. The first kappa shape index (κ1) is 27.3. The van der Waals surface area contributed by atoms with Gasteiger partial charge in [0.2, 0.25) is 6.54 Å². The Morgan fingerprint density at radius 3 is 2.41 bits per heavy atom. The number of thioether (sulfide) groups is 1. The van der Waals surface area contributed by atoms with E-state index in [1.807, 2.05) is 44.4 Å². The smallest absolute Gasteiger partial charge is 0.496 e. The summed E-state index contributed by atoms with van der Waals surface area (Å²) in [6.45, 7) is 5.79. The molecule has 0 aliphatic heterocycles. The molecular weight excluding hydrogens is 467 g/mol. The van der Waals surface area contributed by atoms with Crippen LogP contribution >= 0.6 is 11.8 Å². The average molecular weight is 496 g/mol. The highest BCUT2D eigenvalue weighted by Gasteiger charge is 2.31. The first-order valence-electron chi connectivity index (χ1n) is 10.7. The van der Waals surface area contributed by atoms with Gasteiger partial charge in [0.1, 0.15) is 11.5 Å². The van der Waals surface area contributed by atoms with Crippen molar-refractivity contribution in [2.24, 2.45) is 0 Å². The number of ether oxygens (including phenoxy) is 2. The van der Waals surface area contributed by atoms with E-state index in [1.54, 1.807) is 19.2 Å². The number of nitrogens with zero attached hydrogens (tertiary/aromatic N) is 1. The molecule has 0 aliphatic carbocycles. The predicted octanol–water partition coefficient (Wildman–Crippen LogP) is 7.35. The average Bonchev–Trinajstić information content (AvgIpc) is 2.75. The largest absolute Gasteiger partial charge is 0.573 e. The third-order valence-electron chi connectivity index (χ3n) is 4.92. The minimum absolute atomic E-state index is 0.130. The number of nitro groups is 1. The van der Waals surface area contributed by atoms with Gasteiger partial charge in [0.25, 0.3) is 0 Å². The maximum Gasteiger partial charge on any atom is 0.573 e. The fraction of sp³-hybridized carbons (Fsp3) is 0.360. The SMILES string of the molecule is CC/C=C(\S/C=C(\C)Cc1cc(C)c(CC[N+](=O)[O-])cc1OC)c1ccc(OC(F)(F)F)cc1. The molecule has 0 unspecified atom stereocenters. The van der Waals surface area contributed by atoms with E-state index in [-0.39, 0.29) is 17.2 Å². The van der Waals surface area contributed by atoms with Gasteiger partial charge in [0.05, 0.1) is 7.11 Å². The number of hydrogen-bond acceptors (Lipinski definition) is 5. The van der Waals surface area contributed by atoms with Gasteiger partial charge in [-0.3, -0.25) is 10.1 Å². The van der Waals surface area contributed by atoms with E-state index in [0.717, 1.165) is 39.2 Å². The molecule has 2 rings (SSSR count). The zero-order valence-electron chi connectivity index (χ0n) is 19.6. The topological polar surface area (TPSA) is 61.6 Å². The molecule has 0 heterocycles. The van der Waals surface area contributed by atoms with Crippen LogP contribution in [0.1, 0.15) is 42.5 Å². The number of methoxy groups -OCH3 is 1. The van der Waals surface area contributed by atoms with Gasteiger partial charge in [-0.25, -0.2) is 0 Å². The highest BCUT2D eigenvalue weighted by atomic mass is 32.2. The Labute approximate surface area is 201 Å². The van der Waals surface area contributed by atoms with Crippen LogP contribution < -0.4 is 9.47 Å². The summed E-state index contributed by atoms with van der Waals surface area (Å²) in [4.78, 5) is 11.3. The summed E-state index contributed by atoms with van der Waals surface area (Å²) in [7, 11) is 1.58. The van der Waals surface area contributed by atoms with Crippen LogP contribution in [0.4, 0.5) is 13.2 Å². The molecule has 0 saturated carbocycles. The van der Waals surface area contributed by atoms with Gasteiger partial charge in [-0.05, 0) is 72.6 Å². The second kappa shape index (κ2) is 12.5. The molecule has 0 radical (unpaired) electrons. The number of rotatable bonds is 11. The standard InChI is InChI=1S/C25H28F3NO4S/c1-5-6-24(19-7-9-22(10-8-19)33-25(26,27)28)34-16-17(2)13-21-14-18(3)20(11-12-29(30)31)15-23(21)32-4/h6-10,14-16H,5,11-13H2,1-4H3/b17-16+,24-6-. The molecule has 0 amide bonds. The van der Waals surface area contributed by atoms with Crippen LogP contribution in [0.3, 0.4) is 0 Å². The highest BCUT2D eigenvalue weighted by Crippen LogP contribution is 2.33. The molecule has 184 valence electrons. The number of allylic oxidation sites excluding steroid dienone is 2. The summed E-state index contributed by atoms with van der Waals surface area (Å²) in [5, 5.41) is 12.7. The van der Waals surface area contributed by atoms with Crippen molar-refractivity contribution in [3.63, 3.8) is 0 Å². The zero-order chi connectivity index (χ0) is 25.3. The Bertz CT molecular complexity index is 1050. The lowest BCUT2D eigenvalue weighted by Gasteiger charge is -2.14. The molecule has 34 heavy (non-hydrogen) atoms. The van der Waals surface area contributed by atoms with Crippen LogP contribution in [-0.4, -0.2) is 24.9 Å². The van der Waals surface area contributed by atoms with E-state index >= 15 is 0 Å². The number of halogens is 3. The van der Waals surface area contributed by atoms with Crippen LogP contribution in [0.5, 0.6) is 11.5 Å². The van der Waals surface area contributed by atoms with Crippen LogP contribution in [0.25, 0.3) is 4.91 Å². The maximum atomic E-state index is 12.4. The van der Waals surface area contributed by atoms with Crippen LogP contribution in [-0.2, 0) is 12.8 Å². The van der Waals surface area contributed by atoms with Gasteiger partial charge in [-0.1, -0.05) is 48.5 Å². The van der Waals surface area contributed by atoms with Crippen molar-refractivity contribution in [3.05, 3.63) is 85.8 Å². The van der Waals surface area contributed by atoms with Gasteiger partial charge >= 0.3 is 6.36 Å². The number of aryl methyl sites for hydroxylation is 1. The Morgan fingerprint density at radius 1 is 1.18 bits per heavy atom. The Morgan fingerprint density at radius 2 is 1.85 bits per heavy atom. The second-order valence-corrected chi connectivity index (χ2v) is 8.62. The first-order chi connectivity index (χ1) is 16.0. The minimum atomic E-state index is -4.72. The molecule has 0 bridgehead atoms. The third kappa shape index (κ3) is 8.78. The first-order valence-corrected chi connectivity index (χ1v) is 11.6. The van der Waals surface area contributed by atoms with E-state index in [0.29, 0.717) is 18.6 Å². The van der Waals surface area contributed by atoms with E-state index in [4.69, 9.17) is 4.74 Å². The molecule has 5 nitrogen and oxygen atoms in total. The molecule has 0 spiro atoms. The van der Waals surface area contributed by atoms with Crippen molar-refractivity contribution in [1.29, 1.82) is 0 Å². The molecule has 0 atom stereocenters. The number of hydrogen-bond donors (Lipinski definition) is 0. The van der Waals surface area contributed by atoms with Crippen molar-refractivity contribution in [3.8, 4) is 11.5 Å². The molecule has 0 aliphatic rings. The van der Waals surface area contributed by atoms with E-state index < -0.39 is 6.36 Å². The molecule has 2 aromatic carbocycles. The van der Waals surface area contributed by atoms with Crippen molar-refractivity contribution in [2.75, 3.05) is 13.7 Å². The lowest BCUT2D eigenvalue weighted by Crippen LogP contribution is -2.16. The molecule has 2 aromatic rings.